The van der Waals surface area contributed by atoms with Crippen molar-refractivity contribution < 1.29 is 4.74 Å². The summed E-state index contributed by atoms with van der Waals surface area (Å²) in [6, 6.07) is 5.90. The van der Waals surface area contributed by atoms with Gasteiger partial charge in [-0.05, 0) is 19.1 Å². The molecular formula is C14H14ClN3OS. The van der Waals surface area contributed by atoms with E-state index in [0.717, 1.165) is 33.3 Å². The Balaban J connectivity index is 2.13. The van der Waals surface area contributed by atoms with E-state index in [-0.39, 0.29) is 0 Å². The number of halogens is 1. The summed E-state index contributed by atoms with van der Waals surface area (Å²) >= 11 is 7.68. The molecule has 0 aliphatic carbocycles. The van der Waals surface area contributed by atoms with Crippen molar-refractivity contribution in [2.24, 2.45) is 0 Å². The number of fused-ring (bicyclic) bond motifs is 1. The highest BCUT2D eigenvalue weighted by Crippen LogP contribution is 2.27. The Bertz CT molecular complexity index is 750. The Morgan fingerprint density at radius 1 is 1.35 bits per heavy atom. The number of methoxy groups -OCH3 is 1. The van der Waals surface area contributed by atoms with Gasteiger partial charge in [0.15, 0.2) is 0 Å². The fourth-order valence-corrected chi connectivity index (χ4v) is 3.19. The fourth-order valence-electron chi connectivity index (χ4n) is 2.22. The molecule has 3 rings (SSSR count). The van der Waals surface area contributed by atoms with Crippen LogP contribution in [0.25, 0.3) is 11.0 Å². The predicted molar refractivity (Wildman–Crippen MR) is 81.8 cm³/mol. The van der Waals surface area contributed by atoms with Crippen LogP contribution >= 0.6 is 22.9 Å². The van der Waals surface area contributed by atoms with Crippen LogP contribution in [0.2, 0.25) is 0 Å². The summed E-state index contributed by atoms with van der Waals surface area (Å²) in [7, 11) is 1.65. The van der Waals surface area contributed by atoms with Gasteiger partial charge in [-0.2, -0.15) is 0 Å². The molecular weight excluding hydrogens is 294 g/mol. The van der Waals surface area contributed by atoms with Gasteiger partial charge in [-0.1, -0.05) is 6.07 Å². The summed E-state index contributed by atoms with van der Waals surface area (Å²) in [5.74, 6) is 1.96. The highest BCUT2D eigenvalue weighted by molar-refractivity contribution is 7.09. The van der Waals surface area contributed by atoms with Crippen molar-refractivity contribution in [1.82, 2.24) is 14.5 Å². The maximum atomic E-state index is 6.03. The Kier molecular flexibility index (Phi) is 3.63. The van der Waals surface area contributed by atoms with Gasteiger partial charge < -0.3 is 9.30 Å². The van der Waals surface area contributed by atoms with E-state index in [9.17, 15) is 0 Å². The van der Waals surface area contributed by atoms with Crippen molar-refractivity contribution in [2.75, 3.05) is 7.11 Å². The summed E-state index contributed by atoms with van der Waals surface area (Å²) < 4.78 is 7.46. The highest BCUT2D eigenvalue weighted by Gasteiger charge is 2.14. The summed E-state index contributed by atoms with van der Waals surface area (Å²) in [4.78, 5) is 9.09. The molecule has 1 aromatic carbocycles. The first-order chi connectivity index (χ1) is 9.72. The molecule has 3 aromatic rings. The van der Waals surface area contributed by atoms with Gasteiger partial charge in [0, 0.05) is 11.1 Å². The average molecular weight is 308 g/mol. The number of imidazole rings is 1. The lowest BCUT2D eigenvalue weighted by atomic mass is 10.3. The lowest BCUT2D eigenvalue weighted by Crippen LogP contribution is -2.03. The molecule has 0 saturated heterocycles. The topological polar surface area (TPSA) is 39.9 Å². The van der Waals surface area contributed by atoms with Crippen LogP contribution < -0.4 is 4.74 Å². The normalized spacial score (nSPS) is 11.2. The minimum atomic E-state index is 0.363. The van der Waals surface area contributed by atoms with Crippen molar-refractivity contribution in [3.8, 4) is 5.75 Å². The standard InChI is InChI=1S/C14H14ClN3OS/c1-9-8-20-13(16-9)7-18-10-4-3-5-11(19-2)14(10)17-12(18)6-15/h3-5,8H,6-7H2,1-2H3. The SMILES string of the molecule is COc1cccc2c1nc(CCl)n2Cc1nc(C)cs1. The second-order valence-corrected chi connectivity index (χ2v) is 5.67. The largest absolute Gasteiger partial charge is 0.494 e. The molecule has 0 unspecified atom stereocenters. The molecule has 0 saturated carbocycles. The molecule has 0 radical (unpaired) electrons. The van der Waals surface area contributed by atoms with Gasteiger partial charge in [-0.25, -0.2) is 9.97 Å². The summed E-state index contributed by atoms with van der Waals surface area (Å²) in [5.41, 5.74) is 2.91. The lowest BCUT2D eigenvalue weighted by Gasteiger charge is -2.05. The number of para-hydroxylation sites is 1. The average Bonchev–Trinajstić information content (AvgIpc) is 3.03. The summed E-state index contributed by atoms with van der Waals surface area (Å²) in [6.07, 6.45) is 0. The Labute approximate surface area is 126 Å². The zero-order valence-corrected chi connectivity index (χ0v) is 12.8. The van der Waals surface area contributed by atoms with E-state index in [0.29, 0.717) is 12.4 Å². The molecule has 0 bridgehead atoms. The Morgan fingerprint density at radius 3 is 2.85 bits per heavy atom. The van der Waals surface area contributed by atoms with E-state index in [4.69, 9.17) is 16.3 Å². The number of hydrogen-bond acceptors (Lipinski definition) is 4. The van der Waals surface area contributed by atoms with Crippen molar-refractivity contribution in [3.63, 3.8) is 0 Å². The van der Waals surface area contributed by atoms with E-state index >= 15 is 0 Å². The number of aryl methyl sites for hydroxylation is 1. The van der Waals surface area contributed by atoms with E-state index in [1.54, 1.807) is 18.4 Å². The molecule has 0 spiro atoms. The number of benzene rings is 1. The van der Waals surface area contributed by atoms with Crippen molar-refractivity contribution in [1.29, 1.82) is 0 Å². The van der Waals surface area contributed by atoms with Crippen LogP contribution in [0.5, 0.6) is 5.75 Å². The van der Waals surface area contributed by atoms with E-state index < -0.39 is 0 Å². The number of alkyl halides is 1. The van der Waals surface area contributed by atoms with Gasteiger partial charge >= 0.3 is 0 Å². The van der Waals surface area contributed by atoms with Crippen LogP contribution in [0.1, 0.15) is 16.5 Å². The van der Waals surface area contributed by atoms with Gasteiger partial charge in [-0.3, -0.25) is 0 Å². The molecule has 4 nitrogen and oxygen atoms in total. The molecule has 0 N–H and O–H groups in total. The summed E-state index contributed by atoms with van der Waals surface area (Å²) in [5, 5.41) is 3.10. The molecule has 2 heterocycles. The third kappa shape index (κ3) is 2.27. The second kappa shape index (κ2) is 5.42. The van der Waals surface area contributed by atoms with Gasteiger partial charge in [0.2, 0.25) is 0 Å². The molecule has 20 heavy (non-hydrogen) atoms. The predicted octanol–water partition coefficient (Wildman–Crippen LogP) is 3.60. The fraction of sp³-hybridized carbons (Fsp3) is 0.286. The number of thiazole rings is 1. The van der Waals surface area contributed by atoms with Crippen LogP contribution in [-0.4, -0.2) is 21.6 Å². The molecule has 0 aliphatic heterocycles. The van der Waals surface area contributed by atoms with Crippen LogP contribution in [0.3, 0.4) is 0 Å². The van der Waals surface area contributed by atoms with Gasteiger partial charge in [-0.15, -0.1) is 22.9 Å². The molecule has 0 atom stereocenters. The molecule has 0 aliphatic rings. The second-order valence-electron chi connectivity index (χ2n) is 4.46. The van der Waals surface area contributed by atoms with E-state index in [1.807, 2.05) is 25.1 Å². The Morgan fingerprint density at radius 2 is 2.20 bits per heavy atom. The minimum Gasteiger partial charge on any atom is -0.494 e. The van der Waals surface area contributed by atoms with Crippen molar-refractivity contribution in [2.45, 2.75) is 19.3 Å². The molecule has 2 aromatic heterocycles. The number of nitrogens with zero attached hydrogens (tertiary/aromatic N) is 3. The number of aromatic nitrogens is 3. The zero-order valence-electron chi connectivity index (χ0n) is 11.3. The smallest absolute Gasteiger partial charge is 0.146 e. The Hall–Kier alpha value is -1.59. The quantitative estimate of drug-likeness (QED) is 0.691. The van der Waals surface area contributed by atoms with Crippen LogP contribution in [0.15, 0.2) is 23.6 Å². The van der Waals surface area contributed by atoms with Gasteiger partial charge in [0.1, 0.15) is 22.1 Å². The number of rotatable bonds is 4. The van der Waals surface area contributed by atoms with Crippen molar-refractivity contribution >= 4 is 34.0 Å². The van der Waals surface area contributed by atoms with Crippen molar-refractivity contribution in [3.05, 3.63) is 40.1 Å². The monoisotopic (exact) mass is 307 g/mol. The molecule has 6 heteroatoms. The third-order valence-electron chi connectivity index (χ3n) is 3.12. The molecule has 0 amide bonds. The van der Waals surface area contributed by atoms with Crippen LogP contribution in [-0.2, 0) is 12.4 Å². The maximum Gasteiger partial charge on any atom is 0.146 e. The molecule has 0 fully saturated rings. The minimum absolute atomic E-state index is 0.363. The summed E-state index contributed by atoms with van der Waals surface area (Å²) in [6.45, 7) is 2.68. The first kappa shape index (κ1) is 13.4. The lowest BCUT2D eigenvalue weighted by molar-refractivity contribution is 0.419. The van der Waals surface area contributed by atoms with E-state index in [1.165, 1.54) is 0 Å². The highest BCUT2D eigenvalue weighted by atomic mass is 35.5. The number of hydrogen-bond donors (Lipinski definition) is 0. The van der Waals surface area contributed by atoms with Crippen LogP contribution in [0, 0.1) is 6.92 Å². The van der Waals surface area contributed by atoms with Gasteiger partial charge in [0.05, 0.1) is 25.1 Å². The van der Waals surface area contributed by atoms with Crippen LogP contribution in [0.4, 0.5) is 0 Å². The number of ether oxygens (including phenoxy) is 1. The molecule has 104 valence electrons. The zero-order chi connectivity index (χ0) is 14.1. The third-order valence-corrected chi connectivity index (χ3v) is 4.31. The van der Waals surface area contributed by atoms with E-state index in [2.05, 4.69) is 19.9 Å². The maximum absolute atomic E-state index is 6.03. The first-order valence-electron chi connectivity index (χ1n) is 6.22. The van der Waals surface area contributed by atoms with Gasteiger partial charge in [0.25, 0.3) is 0 Å². The first-order valence-corrected chi connectivity index (χ1v) is 7.63.